The summed E-state index contributed by atoms with van der Waals surface area (Å²) >= 11 is 0. The number of nitrogens with zero attached hydrogens (tertiary/aromatic N) is 5. The maximum Gasteiger partial charge on any atom is 0.435 e. The van der Waals surface area contributed by atoms with Crippen LogP contribution in [0.25, 0.3) is 11.3 Å². The highest BCUT2D eigenvalue weighted by Gasteiger charge is 2.36. The molecule has 3 aromatic heterocycles. The Morgan fingerprint density at radius 1 is 1.19 bits per heavy atom. The fourth-order valence-corrected chi connectivity index (χ4v) is 3.50. The molecular weight excluding hydrogens is 496 g/mol. The molecule has 0 radical (unpaired) electrons. The molecule has 0 aliphatic heterocycles. The molecule has 0 saturated heterocycles. The summed E-state index contributed by atoms with van der Waals surface area (Å²) in [6, 6.07) is 0.348. The second kappa shape index (κ2) is 9.79. The van der Waals surface area contributed by atoms with Crippen molar-refractivity contribution in [3.63, 3.8) is 0 Å². The first-order chi connectivity index (χ1) is 16.6. The summed E-state index contributed by atoms with van der Waals surface area (Å²) in [4.78, 5) is 24.3. The van der Waals surface area contributed by atoms with Gasteiger partial charge < -0.3 is 15.6 Å². The SMILES string of the molecule is Cn1cc(-c2cc(C(F)(F)F)nn2CC(C)(C)NC(=O)[C@H](N)Cc2cnn(C(F)F)c2)cc(F)c1=O. The molecule has 196 valence electrons. The first-order valence-corrected chi connectivity index (χ1v) is 10.5. The summed E-state index contributed by atoms with van der Waals surface area (Å²) in [5, 5.41) is 9.65. The van der Waals surface area contributed by atoms with E-state index >= 15 is 0 Å². The van der Waals surface area contributed by atoms with E-state index in [9.17, 15) is 35.9 Å². The standard InChI is InChI=1S/C21H23F6N7O2/c1-20(2,30-17(35)14(28)4-11-7-29-33(8-11)19(23)24)10-34-15(6-16(31-34)21(25,26)27)12-5-13(22)18(36)32(3)9-12/h5-9,14,19H,4,10,28H2,1-3H3,(H,30,35)/t14-/m1/s1. The van der Waals surface area contributed by atoms with E-state index in [4.69, 9.17) is 5.73 Å². The molecule has 9 nitrogen and oxygen atoms in total. The molecule has 0 bridgehead atoms. The van der Waals surface area contributed by atoms with Crippen LogP contribution in [-0.4, -0.2) is 41.6 Å². The average molecular weight is 519 g/mol. The van der Waals surface area contributed by atoms with Crippen LogP contribution in [-0.2, 0) is 31.0 Å². The lowest BCUT2D eigenvalue weighted by Crippen LogP contribution is -2.53. The number of halogens is 6. The van der Waals surface area contributed by atoms with E-state index in [0.29, 0.717) is 10.7 Å². The highest BCUT2D eigenvalue weighted by Crippen LogP contribution is 2.32. The smallest absolute Gasteiger partial charge is 0.348 e. The number of amides is 1. The van der Waals surface area contributed by atoms with Crippen molar-refractivity contribution in [2.45, 2.75) is 51.1 Å². The number of carbonyl (C=O) groups is 1. The summed E-state index contributed by atoms with van der Waals surface area (Å²) in [6.07, 6.45) is -1.57. The molecule has 0 spiro atoms. The van der Waals surface area contributed by atoms with E-state index in [1.807, 2.05) is 0 Å². The van der Waals surface area contributed by atoms with Gasteiger partial charge in [0.1, 0.15) is 0 Å². The number of aryl methyl sites for hydroxylation is 1. The minimum Gasteiger partial charge on any atom is -0.348 e. The van der Waals surface area contributed by atoms with E-state index in [1.165, 1.54) is 27.1 Å². The molecular formula is C21H23F6N7O2. The Morgan fingerprint density at radius 3 is 2.42 bits per heavy atom. The van der Waals surface area contributed by atoms with Crippen LogP contribution in [0.4, 0.5) is 26.3 Å². The predicted molar refractivity (Wildman–Crippen MR) is 115 cm³/mol. The largest absolute Gasteiger partial charge is 0.435 e. The highest BCUT2D eigenvalue weighted by atomic mass is 19.4. The van der Waals surface area contributed by atoms with Crippen molar-refractivity contribution in [1.82, 2.24) is 29.4 Å². The quantitative estimate of drug-likeness (QED) is 0.444. The molecule has 3 heterocycles. The topological polar surface area (TPSA) is 113 Å². The number of pyridine rings is 1. The third kappa shape index (κ3) is 6.13. The van der Waals surface area contributed by atoms with Crippen LogP contribution >= 0.6 is 0 Å². The molecule has 15 heteroatoms. The zero-order valence-corrected chi connectivity index (χ0v) is 19.4. The molecule has 36 heavy (non-hydrogen) atoms. The van der Waals surface area contributed by atoms with Crippen LogP contribution in [0.5, 0.6) is 0 Å². The van der Waals surface area contributed by atoms with Crippen molar-refractivity contribution >= 4 is 5.91 Å². The monoisotopic (exact) mass is 519 g/mol. The Morgan fingerprint density at radius 2 is 1.86 bits per heavy atom. The molecule has 0 aromatic carbocycles. The van der Waals surface area contributed by atoms with Crippen LogP contribution in [0.2, 0.25) is 0 Å². The number of alkyl halides is 5. The number of nitrogens with one attached hydrogen (secondary N) is 1. The maximum absolute atomic E-state index is 14.0. The summed E-state index contributed by atoms with van der Waals surface area (Å²) in [5.41, 5.74) is 2.59. The van der Waals surface area contributed by atoms with Crippen LogP contribution in [0.15, 0.2) is 35.5 Å². The Hall–Kier alpha value is -3.62. The number of nitrogens with two attached hydrogens (primary N) is 1. The number of carbonyl (C=O) groups excluding carboxylic acids is 1. The third-order valence-corrected chi connectivity index (χ3v) is 5.16. The van der Waals surface area contributed by atoms with Gasteiger partial charge in [-0.15, -0.1) is 0 Å². The van der Waals surface area contributed by atoms with Crippen LogP contribution < -0.4 is 16.6 Å². The predicted octanol–water partition coefficient (Wildman–Crippen LogP) is 2.46. The summed E-state index contributed by atoms with van der Waals surface area (Å²) in [6.45, 7) is -0.128. The van der Waals surface area contributed by atoms with Crippen molar-refractivity contribution in [2.75, 3.05) is 0 Å². The normalized spacial score (nSPS) is 13.3. The maximum atomic E-state index is 14.0. The number of aromatic nitrogens is 5. The molecule has 0 aliphatic carbocycles. The van der Waals surface area contributed by atoms with E-state index in [0.717, 1.165) is 27.7 Å². The molecule has 1 amide bonds. The molecule has 3 aromatic rings. The Labute approximate surface area is 200 Å². The van der Waals surface area contributed by atoms with Crippen molar-refractivity contribution in [3.8, 4) is 11.3 Å². The van der Waals surface area contributed by atoms with Gasteiger partial charge in [0.25, 0.3) is 5.56 Å². The van der Waals surface area contributed by atoms with Gasteiger partial charge in [0.15, 0.2) is 11.5 Å². The van der Waals surface area contributed by atoms with Gasteiger partial charge >= 0.3 is 12.7 Å². The van der Waals surface area contributed by atoms with Crippen molar-refractivity contribution in [3.05, 3.63) is 58.2 Å². The lowest BCUT2D eigenvalue weighted by molar-refractivity contribution is -0.141. The van der Waals surface area contributed by atoms with Crippen LogP contribution in [0, 0.1) is 5.82 Å². The Balaban J connectivity index is 1.83. The molecule has 0 saturated carbocycles. The van der Waals surface area contributed by atoms with Crippen LogP contribution in [0.1, 0.15) is 31.7 Å². The fraction of sp³-hybridized carbons (Fsp3) is 0.429. The molecule has 0 unspecified atom stereocenters. The number of rotatable bonds is 8. The zero-order chi connectivity index (χ0) is 27.0. The summed E-state index contributed by atoms with van der Waals surface area (Å²) in [5.74, 6) is -1.85. The van der Waals surface area contributed by atoms with E-state index < -0.39 is 47.3 Å². The van der Waals surface area contributed by atoms with Gasteiger partial charge in [-0.1, -0.05) is 0 Å². The Bertz CT molecular complexity index is 1280. The van der Waals surface area contributed by atoms with Gasteiger partial charge in [-0.3, -0.25) is 14.3 Å². The Kier molecular flexibility index (Phi) is 7.34. The van der Waals surface area contributed by atoms with E-state index in [1.54, 1.807) is 0 Å². The van der Waals surface area contributed by atoms with Crippen molar-refractivity contribution in [2.24, 2.45) is 12.8 Å². The molecule has 0 fully saturated rings. The van der Waals surface area contributed by atoms with Gasteiger partial charge in [0.2, 0.25) is 5.91 Å². The highest BCUT2D eigenvalue weighted by molar-refractivity contribution is 5.82. The van der Waals surface area contributed by atoms with Crippen molar-refractivity contribution in [1.29, 1.82) is 0 Å². The summed E-state index contributed by atoms with van der Waals surface area (Å²) < 4.78 is 81.7. The lowest BCUT2D eigenvalue weighted by atomic mass is 10.0. The molecule has 0 aliphatic rings. The van der Waals surface area contributed by atoms with Gasteiger partial charge in [0.05, 0.1) is 30.0 Å². The first-order valence-electron chi connectivity index (χ1n) is 10.5. The zero-order valence-electron chi connectivity index (χ0n) is 19.4. The molecule has 3 rings (SSSR count). The van der Waals surface area contributed by atoms with E-state index in [2.05, 4.69) is 15.5 Å². The first kappa shape index (κ1) is 27.0. The third-order valence-electron chi connectivity index (χ3n) is 5.16. The number of hydrogen-bond donors (Lipinski definition) is 2. The number of hydrogen-bond acceptors (Lipinski definition) is 5. The van der Waals surface area contributed by atoms with Gasteiger partial charge in [-0.2, -0.15) is 32.1 Å². The minimum atomic E-state index is -4.81. The molecule has 3 N–H and O–H groups in total. The second-order valence-corrected chi connectivity index (χ2v) is 8.85. The van der Waals surface area contributed by atoms with E-state index in [-0.39, 0.29) is 29.8 Å². The second-order valence-electron chi connectivity index (χ2n) is 8.85. The van der Waals surface area contributed by atoms with Crippen molar-refractivity contribution < 1.29 is 31.1 Å². The molecule has 1 atom stereocenters. The van der Waals surface area contributed by atoms with Gasteiger partial charge in [-0.05, 0) is 38.0 Å². The van der Waals surface area contributed by atoms with Gasteiger partial charge in [-0.25, -0.2) is 9.07 Å². The van der Waals surface area contributed by atoms with Gasteiger partial charge in [0, 0.05) is 25.0 Å². The fourth-order valence-electron chi connectivity index (χ4n) is 3.50. The van der Waals surface area contributed by atoms with Crippen LogP contribution in [0.3, 0.4) is 0 Å². The minimum absolute atomic E-state index is 0.0348. The summed E-state index contributed by atoms with van der Waals surface area (Å²) in [7, 11) is 1.25. The average Bonchev–Trinajstić information content (AvgIpc) is 3.38. The lowest BCUT2D eigenvalue weighted by Gasteiger charge is -2.28.